The Balaban J connectivity index is 3.12. The van der Waals surface area contributed by atoms with Crippen LogP contribution in [0.2, 0.25) is 0 Å². The van der Waals surface area contributed by atoms with Crippen LogP contribution in [0.25, 0.3) is 0 Å². The smallest absolute Gasteiger partial charge is 0.241 e. The molecule has 7 heteroatoms. The Morgan fingerprint density at radius 2 is 2.21 bits per heavy atom. The minimum Gasteiger partial charge on any atom is -0.382 e. The number of nitrogens with two attached hydrogens (primary N) is 1. The highest BCUT2D eigenvalue weighted by atomic mass is 32.2. The number of pyridine rings is 1. The minimum absolute atomic E-state index is 0.0463. The van der Waals surface area contributed by atoms with Gasteiger partial charge in [0.2, 0.25) is 10.0 Å². The molecule has 0 atom stereocenters. The third-order valence-corrected chi connectivity index (χ3v) is 2.99. The Morgan fingerprint density at radius 1 is 1.57 bits per heavy atom. The van der Waals surface area contributed by atoms with E-state index < -0.39 is 10.0 Å². The molecule has 4 N–H and O–H groups in total. The average molecular weight is 214 g/mol. The zero-order valence-electron chi connectivity index (χ0n) is 7.48. The fourth-order valence-corrected chi connectivity index (χ4v) is 1.49. The first kappa shape index (κ1) is 10.6. The van der Waals surface area contributed by atoms with Gasteiger partial charge in [0, 0.05) is 6.20 Å². The monoisotopic (exact) mass is 214 g/mol. The molecule has 1 aromatic heterocycles. The second kappa shape index (κ2) is 3.72. The van der Waals surface area contributed by atoms with Crippen molar-refractivity contribution >= 4 is 15.9 Å². The number of amidine groups is 1. The van der Waals surface area contributed by atoms with Gasteiger partial charge in [-0.15, -0.1) is 0 Å². The second-order valence-electron chi connectivity index (χ2n) is 2.50. The van der Waals surface area contributed by atoms with Crippen LogP contribution >= 0.6 is 0 Å². The number of nitrogens with one attached hydrogen (secondary N) is 2. The highest BCUT2D eigenvalue weighted by Gasteiger charge is 2.11. The molecule has 76 valence electrons. The Bertz CT molecular complexity index is 437. The lowest BCUT2D eigenvalue weighted by Crippen LogP contribution is -2.19. The number of hydrogen-bond acceptors (Lipinski definition) is 4. The first-order chi connectivity index (χ1) is 6.47. The lowest BCUT2D eigenvalue weighted by atomic mass is 10.3. The summed E-state index contributed by atoms with van der Waals surface area (Å²) >= 11 is 0. The maximum Gasteiger partial charge on any atom is 0.241 e. The number of nitrogens with zero attached hydrogens (tertiary/aromatic N) is 1. The molecule has 0 radical (unpaired) electrons. The predicted molar refractivity (Wildman–Crippen MR) is 51.5 cm³/mol. The molecule has 0 bridgehead atoms. The van der Waals surface area contributed by atoms with Crippen LogP contribution in [-0.4, -0.2) is 26.3 Å². The molecule has 14 heavy (non-hydrogen) atoms. The van der Waals surface area contributed by atoms with Gasteiger partial charge in [-0.1, -0.05) is 0 Å². The van der Waals surface area contributed by atoms with Crippen LogP contribution in [-0.2, 0) is 10.0 Å². The molecule has 0 aliphatic heterocycles. The summed E-state index contributed by atoms with van der Waals surface area (Å²) in [5.74, 6) is -0.196. The van der Waals surface area contributed by atoms with E-state index in [9.17, 15) is 8.42 Å². The Hall–Kier alpha value is -1.47. The standard InChI is InChI=1S/C7H10N4O2S/c1-10-14(12,13)5-2-3-6(7(8)9)11-4-5/h2-4,10H,1H3,(H3,8,9). The summed E-state index contributed by atoms with van der Waals surface area (Å²) < 4.78 is 24.6. The lowest BCUT2D eigenvalue weighted by Gasteiger charge is -2.02. The summed E-state index contributed by atoms with van der Waals surface area (Å²) in [5.41, 5.74) is 5.41. The summed E-state index contributed by atoms with van der Waals surface area (Å²) in [5, 5.41) is 7.06. The summed E-state index contributed by atoms with van der Waals surface area (Å²) in [6.45, 7) is 0. The molecule has 6 nitrogen and oxygen atoms in total. The molecule has 1 aromatic rings. The van der Waals surface area contributed by atoms with Crippen LogP contribution in [0.15, 0.2) is 23.2 Å². The first-order valence-electron chi connectivity index (χ1n) is 3.71. The van der Waals surface area contributed by atoms with E-state index in [4.69, 9.17) is 11.1 Å². The predicted octanol–water partition coefficient (Wildman–Crippen LogP) is -0.726. The highest BCUT2D eigenvalue weighted by molar-refractivity contribution is 7.89. The number of hydrogen-bond donors (Lipinski definition) is 3. The van der Waals surface area contributed by atoms with Gasteiger partial charge in [0.25, 0.3) is 0 Å². The largest absolute Gasteiger partial charge is 0.382 e. The van der Waals surface area contributed by atoms with Gasteiger partial charge in [-0.05, 0) is 19.2 Å². The van der Waals surface area contributed by atoms with Crippen molar-refractivity contribution in [3.63, 3.8) is 0 Å². The first-order valence-corrected chi connectivity index (χ1v) is 5.19. The van der Waals surface area contributed by atoms with Crippen molar-refractivity contribution < 1.29 is 8.42 Å². The van der Waals surface area contributed by atoms with Crippen molar-refractivity contribution in [2.24, 2.45) is 5.73 Å². The van der Waals surface area contributed by atoms with E-state index >= 15 is 0 Å². The third kappa shape index (κ3) is 2.06. The molecule has 0 unspecified atom stereocenters. The van der Waals surface area contributed by atoms with Crippen LogP contribution in [0.4, 0.5) is 0 Å². The third-order valence-electron chi connectivity index (χ3n) is 1.59. The normalized spacial score (nSPS) is 11.2. The SMILES string of the molecule is CNS(=O)(=O)c1ccc(C(=N)N)nc1. The van der Waals surface area contributed by atoms with Crippen LogP contribution in [0.5, 0.6) is 0 Å². The molecule has 0 saturated carbocycles. The van der Waals surface area contributed by atoms with Gasteiger partial charge >= 0.3 is 0 Å². The van der Waals surface area contributed by atoms with E-state index in [0.717, 1.165) is 6.20 Å². The average Bonchev–Trinajstić information content (AvgIpc) is 2.18. The molecule has 0 amide bonds. The van der Waals surface area contributed by atoms with E-state index in [0.29, 0.717) is 0 Å². The summed E-state index contributed by atoms with van der Waals surface area (Å²) in [4.78, 5) is 3.77. The molecule has 0 fully saturated rings. The van der Waals surface area contributed by atoms with Gasteiger partial charge in [-0.3, -0.25) is 10.4 Å². The number of aromatic nitrogens is 1. The quantitative estimate of drug-likeness (QED) is 0.455. The molecule has 0 aliphatic carbocycles. The van der Waals surface area contributed by atoms with Crippen molar-refractivity contribution in [2.75, 3.05) is 7.05 Å². The maximum absolute atomic E-state index is 11.2. The molecule has 1 rings (SSSR count). The number of nitrogen functional groups attached to an aromatic ring is 1. The Kier molecular flexibility index (Phi) is 2.82. The molecular weight excluding hydrogens is 204 g/mol. The van der Waals surface area contributed by atoms with Crippen molar-refractivity contribution in [3.05, 3.63) is 24.0 Å². The lowest BCUT2D eigenvalue weighted by molar-refractivity contribution is 0.588. The van der Waals surface area contributed by atoms with E-state index in [1.165, 1.54) is 19.2 Å². The molecule has 0 spiro atoms. The van der Waals surface area contributed by atoms with Crippen molar-refractivity contribution in [2.45, 2.75) is 4.90 Å². The highest BCUT2D eigenvalue weighted by Crippen LogP contribution is 2.06. The zero-order valence-corrected chi connectivity index (χ0v) is 8.30. The number of rotatable bonds is 3. The second-order valence-corrected chi connectivity index (χ2v) is 4.39. The van der Waals surface area contributed by atoms with E-state index in [1.807, 2.05) is 0 Å². The molecular formula is C7H10N4O2S. The van der Waals surface area contributed by atoms with Gasteiger partial charge in [0.05, 0.1) is 0 Å². The summed E-state index contributed by atoms with van der Waals surface area (Å²) in [6, 6.07) is 2.72. The van der Waals surface area contributed by atoms with Gasteiger partial charge in [-0.2, -0.15) is 0 Å². The fourth-order valence-electron chi connectivity index (χ4n) is 0.816. The van der Waals surface area contributed by atoms with Crippen LogP contribution in [0.1, 0.15) is 5.69 Å². The van der Waals surface area contributed by atoms with Gasteiger partial charge in [0.15, 0.2) is 0 Å². The Labute approximate surface area is 81.7 Å². The van der Waals surface area contributed by atoms with E-state index in [-0.39, 0.29) is 16.4 Å². The van der Waals surface area contributed by atoms with Gasteiger partial charge < -0.3 is 5.73 Å². The zero-order chi connectivity index (χ0) is 10.8. The van der Waals surface area contributed by atoms with Gasteiger partial charge in [-0.25, -0.2) is 13.1 Å². The van der Waals surface area contributed by atoms with Crippen molar-refractivity contribution in [1.29, 1.82) is 5.41 Å². The van der Waals surface area contributed by atoms with Crippen molar-refractivity contribution in [1.82, 2.24) is 9.71 Å². The molecule has 1 heterocycles. The summed E-state index contributed by atoms with van der Waals surface area (Å²) in [6.07, 6.45) is 1.16. The fraction of sp³-hybridized carbons (Fsp3) is 0.143. The Morgan fingerprint density at radius 3 is 2.57 bits per heavy atom. The van der Waals surface area contributed by atoms with Crippen LogP contribution in [0.3, 0.4) is 0 Å². The topological polar surface area (TPSA) is 109 Å². The number of sulfonamides is 1. The maximum atomic E-state index is 11.2. The van der Waals surface area contributed by atoms with Crippen molar-refractivity contribution in [3.8, 4) is 0 Å². The molecule has 0 aromatic carbocycles. The molecule has 0 aliphatic rings. The molecule has 0 saturated heterocycles. The van der Waals surface area contributed by atoms with E-state index in [2.05, 4.69) is 9.71 Å². The summed E-state index contributed by atoms with van der Waals surface area (Å²) in [7, 11) is -2.15. The minimum atomic E-state index is -3.46. The van der Waals surface area contributed by atoms with Crippen LogP contribution < -0.4 is 10.5 Å². The van der Waals surface area contributed by atoms with Gasteiger partial charge in [0.1, 0.15) is 16.4 Å². The van der Waals surface area contributed by atoms with E-state index in [1.54, 1.807) is 0 Å². The van der Waals surface area contributed by atoms with Crippen LogP contribution in [0, 0.1) is 5.41 Å².